The molecule has 0 spiro atoms. The number of carbonyl (C=O) groups excluding carboxylic acids is 1. The zero-order valence-corrected chi connectivity index (χ0v) is 17.0. The molecule has 142 valence electrons. The molecule has 2 rings (SSSR count). The lowest BCUT2D eigenvalue weighted by atomic mass is 10.0. The van der Waals surface area contributed by atoms with Gasteiger partial charge < -0.3 is 15.4 Å². The lowest BCUT2D eigenvalue weighted by molar-refractivity contribution is -0.143. The number of aromatic nitrogens is 2. The third-order valence-corrected chi connectivity index (χ3v) is 6.41. The van der Waals surface area contributed by atoms with Crippen molar-refractivity contribution in [3.05, 3.63) is 26.6 Å². The molecule has 0 saturated carbocycles. The van der Waals surface area contributed by atoms with Crippen LogP contribution in [0.15, 0.2) is 4.79 Å². The van der Waals surface area contributed by atoms with Gasteiger partial charge >= 0.3 is 5.97 Å². The molecule has 0 aliphatic carbocycles. The van der Waals surface area contributed by atoms with E-state index in [0.29, 0.717) is 21.8 Å². The highest BCUT2D eigenvalue weighted by molar-refractivity contribution is 7.99. The van der Waals surface area contributed by atoms with Crippen LogP contribution in [0.4, 0.5) is 0 Å². The van der Waals surface area contributed by atoms with Crippen LogP contribution in [0, 0.1) is 19.8 Å². The highest BCUT2D eigenvalue weighted by Crippen LogP contribution is 2.26. The van der Waals surface area contributed by atoms with Crippen LogP contribution < -0.4 is 10.9 Å². The number of carboxylic acid groups (broad SMARTS) is 1. The van der Waals surface area contributed by atoms with E-state index < -0.39 is 17.3 Å². The minimum Gasteiger partial charge on any atom is -0.480 e. The van der Waals surface area contributed by atoms with Gasteiger partial charge in [-0.25, -0.2) is 9.78 Å². The van der Waals surface area contributed by atoms with Gasteiger partial charge in [0.1, 0.15) is 16.7 Å². The first-order valence-corrected chi connectivity index (χ1v) is 10.1. The van der Waals surface area contributed by atoms with Crippen LogP contribution in [0.25, 0.3) is 10.2 Å². The van der Waals surface area contributed by atoms with Crippen molar-refractivity contribution in [2.24, 2.45) is 5.92 Å². The van der Waals surface area contributed by atoms with Gasteiger partial charge in [0.05, 0.1) is 16.4 Å². The fourth-order valence-electron chi connectivity index (χ4n) is 2.43. The number of thioether (sulfide) groups is 1. The smallest absolute Gasteiger partial charge is 0.326 e. The van der Waals surface area contributed by atoms with E-state index in [4.69, 9.17) is 5.11 Å². The average Bonchev–Trinajstić information content (AvgIpc) is 2.84. The summed E-state index contributed by atoms with van der Waals surface area (Å²) in [6.07, 6.45) is 0. The zero-order chi connectivity index (χ0) is 19.6. The van der Waals surface area contributed by atoms with Crippen LogP contribution in [0.3, 0.4) is 0 Å². The van der Waals surface area contributed by atoms with Crippen LogP contribution in [-0.4, -0.2) is 38.2 Å². The lowest BCUT2D eigenvalue weighted by Crippen LogP contribution is -2.47. The maximum atomic E-state index is 12.3. The Bertz CT molecular complexity index is 888. The van der Waals surface area contributed by atoms with Crippen molar-refractivity contribution >= 4 is 45.2 Å². The molecule has 2 aromatic heterocycles. The maximum absolute atomic E-state index is 12.3. The standard InChI is InChI=1S/C17H23N3O4S2/c1-7(2)13(17(23)24)20-14(21)10(5)25-6-11-18-15(22)12-8(3)9(4)26-16(12)19-11/h7,10,13H,6H2,1-5H3,(H,20,21)(H,23,24)(H,18,19,22)/t10?,13-/m1/s1. The number of fused-ring (bicyclic) bond motifs is 1. The summed E-state index contributed by atoms with van der Waals surface area (Å²) in [5.41, 5.74) is 0.773. The summed E-state index contributed by atoms with van der Waals surface area (Å²) in [7, 11) is 0. The van der Waals surface area contributed by atoms with E-state index >= 15 is 0 Å². The molecule has 0 saturated heterocycles. The summed E-state index contributed by atoms with van der Waals surface area (Å²) in [5.74, 6) is -0.742. The minimum atomic E-state index is -1.05. The quantitative estimate of drug-likeness (QED) is 0.662. The van der Waals surface area contributed by atoms with Gasteiger partial charge in [0.2, 0.25) is 5.91 Å². The average molecular weight is 398 g/mol. The Hall–Kier alpha value is -1.87. The van der Waals surface area contributed by atoms with E-state index in [1.165, 1.54) is 23.1 Å². The molecule has 3 N–H and O–H groups in total. The number of hydrogen-bond acceptors (Lipinski definition) is 6. The molecule has 0 aliphatic rings. The monoisotopic (exact) mass is 397 g/mol. The molecule has 1 amide bonds. The molecule has 7 nitrogen and oxygen atoms in total. The number of hydrogen-bond donors (Lipinski definition) is 3. The molecule has 9 heteroatoms. The number of rotatable bonds is 7. The van der Waals surface area contributed by atoms with Gasteiger partial charge in [-0.3, -0.25) is 9.59 Å². The Labute approximate surface area is 159 Å². The van der Waals surface area contributed by atoms with E-state index in [9.17, 15) is 14.4 Å². The van der Waals surface area contributed by atoms with Gasteiger partial charge in [-0.15, -0.1) is 23.1 Å². The van der Waals surface area contributed by atoms with Crippen molar-refractivity contribution in [3.63, 3.8) is 0 Å². The number of carboxylic acids is 1. The number of aliphatic carboxylic acids is 1. The lowest BCUT2D eigenvalue weighted by Gasteiger charge is -2.20. The van der Waals surface area contributed by atoms with E-state index in [1.54, 1.807) is 20.8 Å². The van der Waals surface area contributed by atoms with Gasteiger partial charge in [-0.05, 0) is 32.3 Å². The van der Waals surface area contributed by atoms with Gasteiger partial charge in [0, 0.05) is 4.88 Å². The topological polar surface area (TPSA) is 112 Å². The first kappa shape index (κ1) is 20.4. The van der Waals surface area contributed by atoms with Gasteiger partial charge in [-0.1, -0.05) is 13.8 Å². The second-order valence-corrected chi connectivity index (χ2v) is 9.03. The Morgan fingerprint density at radius 3 is 2.54 bits per heavy atom. The number of H-pyrrole nitrogens is 1. The zero-order valence-electron chi connectivity index (χ0n) is 15.4. The summed E-state index contributed by atoms with van der Waals surface area (Å²) in [4.78, 5) is 44.7. The molecule has 0 bridgehead atoms. The Morgan fingerprint density at radius 2 is 1.96 bits per heavy atom. The van der Waals surface area contributed by atoms with E-state index in [0.717, 1.165) is 10.4 Å². The second-order valence-electron chi connectivity index (χ2n) is 6.50. The number of carbonyl (C=O) groups is 2. The molecular formula is C17H23N3O4S2. The van der Waals surface area contributed by atoms with Crippen LogP contribution in [0.5, 0.6) is 0 Å². The molecule has 2 atom stereocenters. The third-order valence-electron chi connectivity index (χ3n) is 4.16. The second kappa shape index (κ2) is 8.22. The first-order chi connectivity index (χ1) is 12.1. The van der Waals surface area contributed by atoms with Crippen LogP contribution in [-0.2, 0) is 15.3 Å². The number of thiophene rings is 1. The summed E-state index contributed by atoms with van der Waals surface area (Å²) in [5, 5.41) is 11.9. The molecule has 0 aromatic carbocycles. The predicted molar refractivity (Wildman–Crippen MR) is 105 cm³/mol. The summed E-state index contributed by atoms with van der Waals surface area (Å²) >= 11 is 2.78. The highest BCUT2D eigenvalue weighted by Gasteiger charge is 2.26. The third kappa shape index (κ3) is 4.45. The summed E-state index contributed by atoms with van der Waals surface area (Å²) in [6.45, 7) is 9.04. The largest absolute Gasteiger partial charge is 0.480 e. The van der Waals surface area contributed by atoms with E-state index in [2.05, 4.69) is 15.3 Å². The summed E-state index contributed by atoms with van der Waals surface area (Å²) < 4.78 is 0. The molecule has 0 radical (unpaired) electrons. The number of amides is 1. The normalized spacial score (nSPS) is 13.8. The van der Waals surface area contributed by atoms with Gasteiger partial charge in [0.25, 0.3) is 5.56 Å². The molecule has 0 aliphatic heterocycles. The molecule has 0 fully saturated rings. The fraction of sp³-hybridized carbons (Fsp3) is 0.529. The number of nitrogens with one attached hydrogen (secondary N) is 2. The number of aryl methyl sites for hydroxylation is 2. The van der Waals surface area contributed by atoms with Crippen molar-refractivity contribution in [1.29, 1.82) is 0 Å². The van der Waals surface area contributed by atoms with E-state index in [-0.39, 0.29) is 17.4 Å². The van der Waals surface area contributed by atoms with Gasteiger partial charge in [-0.2, -0.15) is 0 Å². The fourth-order valence-corrected chi connectivity index (χ4v) is 4.24. The predicted octanol–water partition coefficient (Wildman–Crippen LogP) is 2.45. The molecule has 1 unspecified atom stereocenters. The molecule has 26 heavy (non-hydrogen) atoms. The maximum Gasteiger partial charge on any atom is 0.326 e. The van der Waals surface area contributed by atoms with Crippen LogP contribution in [0.2, 0.25) is 0 Å². The Morgan fingerprint density at radius 1 is 1.31 bits per heavy atom. The first-order valence-electron chi connectivity index (χ1n) is 8.25. The number of nitrogens with zero attached hydrogens (tertiary/aromatic N) is 1. The van der Waals surface area contributed by atoms with Crippen molar-refractivity contribution in [2.45, 2.75) is 51.7 Å². The summed E-state index contributed by atoms with van der Waals surface area (Å²) in [6, 6.07) is -0.920. The van der Waals surface area contributed by atoms with Crippen molar-refractivity contribution < 1.29 is 14.7 Å². The molecule has 2 aromatic rings. The van der Waals surface area contributed by atoms with Gasteiger partial charge in [0.15, 0.2) is 0 Å². The van der Waals surface area contributed by atoms with Crippen molar-refractivity contribution in [1.82, 2.24) is 15.3 Å². The van der Waals surface area contributed by atoms with Crippen LogP contribution >= 0.6 is 23.1 Å². The van der Waals surface area contributed by atoms with Crippen molar-refractivity contribution in [3.8, 4) is 0 Å². The Kier molecular flexibility index (Phi) is 6.46. The SMILES string of the molecule is Cc1sc2nc(CSC(C)C(=O)N[C@@H](C(=O)O)C(C)C)[nH]c(=O)c2c1C. The number of aromatic amines is 1. The molecule has 2 heterocycles. The van der Waals surface area contributed by atoms with Crippen LogP contribution in [0.1, 0.15) is 37.0 Å². The minimum absolute atomic E-state index is 0.171. The van der Waals surface area contributed by atoms with E-state index in [1.807, 2.05) is 13.8 Å². The van der Waals surface area contributed by atoms with Crippen molar-refractivity contribution in [2.75, 3.05) is 0 Å². The Balaban J connectivity index is 2.06. The highest BCUT2D eigenvalue weighted by atomic mass is 32.2. The molecular weight excluding hydrogens is 374 g/mol.